The quantitative estimate of drug-likeness (QED) is 0.112. The van der Waals surface area contributed by atoms with Gasteiger partial charge in [0.1, 0.15) is 35.5 Å². The number of methoxy groups -OCH3 is 1. The normalized spacial score (nSPS) is 37.9. The van der Waals surface area contributed by atoms with Crippen LogP contribution in [0.5, 0.6) is 0 Å². The number of hydrogen-bond acceptors (Lipinski definition) is 16. The van der Waals surface area contributed by atoms with E-state index in [-0.39, 0.29) is 36.6 Å². The summed E-state index contributed by atoms with van der Waals surface area (Å²) in [5.74, 6) is -8.65. The molecule has 17 heteroatoms. The van der Waals surface area contributed by atoms with E-state index in [0.29, 0.717) is 23.6 Å². The first-order valence-electron chi connectivity index (χ1n) is 20.8. The number of aliphatic hydroxyl groups excluding tert-OH is 1. The molecule has 3 N–H and O–H groups in total. The summed E-state index contributed by atoms with van der Waals surface area (Å²) in [6.45, 7) is 15.1. The smallest absolute Gasteiger partial charge is 0.317 e. The molecule has 0 saturated carbocycles. The minimum atomic E-state index is -1.59. The number of ether oxygens (including phenoxy) is 5. The maximum absolute atomic E-state index is 14.8. The molecule has 0 spiro atoms. The Balaban J connectivity index is 1.51. The van der Waals surface area contributed by atoms with E-state index in [1.54, 1.807) is 72.9 Å². The van der Waals surface area contributed by atoms with Crippen LogP contribution in [-0.2, 0) is 47.7 Å². The highest BCUT2D eigenvalue weighted by atomic mass is 16.7. The maximum atomic E-state index is 14.8. The zero-order chi connectivity index (χ0) is 44.4. The van der Waals surface area contributed by atoms with Crippen LogP contribution in [0.3, 0.4) is 0 Å². The van der Waals surface area contributed by atoms with Gasteiger partial charge in [-0.2, -0.15) is 0 Å². The minimum Gasteiger partial charge on any atom is -0.458 e. The Hall–Kier alpha value is -4.29. The average molecular weight is 842 g/mol. The lowest BCUT2D eigenvalue weighted by Crippen LogP contribution is -2.59. The number of cyclic esters (lactones) is 1. The van der Waals surface area contributed by atoms with Crippen LogP contribution in [0, 0.1) is 35.5 Å². The van der Waals surface area contributed by atoms with Crippen molar-refractivity contribution in [2.45, 2.75) is 136 Å². The van der Waals surface area contributed by atoms with E-state index < -0.39 is 95.1 Å². The molecule has 3 fully saturated rings. The number of pyridine rings is 1. The molecule has 0 aromatic carbocycles. The molecule has 2 aromatic rings. The van der Waals surface area contributed by atoms with Crippen molar-refractivity contribution in [1.29, 1.82) is 0 Å². The SMILES string of the molecule is CC[C@@H]1OC(=O)[C@H](C)C(=O)[C@H](C)[C@@H](OC2O[C@H](C)C[C@H](N(C)C)[C@H]2O)[C@](C)(OC)C[C@@H](C)C(=O)[C@H](C)[C@H]2[C@H](/C(N)=N/OC(C)c3cc(-c4ccccn4)no3)C(=O)O[C@@]21C. The average Bonchev–Trinajstić information content (AvgIpc) is 3.83. The van der Waals surface area contributed by atoms with Gasteiger partial charge >= 0.3 is 11.9 Å². The van der Waals surface area contributed by atoms with E-state index >= 15 is 0 Å². The molecule has 0 radical (unpaired) electrons. The third-order valence-corrected chi connectivity index (χ3v) is 12.8. The number of carbonyl (C=O) groups is 4. The number of aliphatic hydroxyl groups is 1. The molecular weight excluding hydrogens is 778 g/mol. The van der Waals surface area contributed by atoms with Crippen molar-refractivity contribution in [3.63, 3.8) is 0 Å². The van der Waals surface area contributed by atoms with Crippen molar-refractivity contribution >= 4 is 29.3 Å². The molecule has 2 unspecified atom stereocenters. The number of esters is 2. The summed E-state index contributed by atoms with van der Waals surface area (Å²) in [4.78, 5) is 69.0. The van der Waals surface area contributed by atoms with Gasteiger partial charge in [-0.25, -0.2) is 0 Å². The van der Waals surface area contributed by atoms with Crippen LogP contribution in [0.25, 0.3) is 11.4 Å². The number of amidine groups is 1. The number of ketones is 2. The van der Waals surface area contributed by atoms with Gasteiger partial charge in [0.05, 0.1) is 23.5 Å². The van der Waals surface area contributed by atoms with Gasteiger partial charge in [-0.15, -0.1) is 0 Å². The van der Waals surface area contributed by atoms with E-state index in [9.17, 15) is 24.3 Å². The molecule has 2 aromatic heterocycles. The molecule has 0 amide bonds. The van der Waals surface area contributed by atoms with Gasteiger partial charge in [-0.1, -0.05) is 44.1 Å². The number of carbonyl (C=O) groups excluding carboxylic acids is 4. The summed E-state index contributed by atoms with van der Waals surface area (Å²) in [6, 6.07) is 6.72. The van der Waals surface area contributed by atoms with E-state index in [2.05, 4.69) is 15.3 Å². The second-order valence-corrected chi connectivity index (χ2v) is 17.4. The van der Waals surface area contributed by atoms with E-state index in [0.717, 1.165) is 0 Å². The Morgan fingerprint density at radius 2 is 1.75 bits per heavy atom. The monoisotopic (exact) mass is 841 g/mol. The van der Waals surface area contributed by atoms with Gasteiger partial charge in [0.25, 0.3) is 0 Å². The molecular formula is C43H63N5O12. The number of Topliss-reactive ketones (excluding diaryl/α,β-unsaturated/α-hetero) is 2. The number of nitrogens with zero attached hydrogens (tertiary/aromatic N) is 4. The summed E-state index contributed by atoms with van der Waals surface area (Å²) >= 11 is 0. The largest absolute Gasteiger partial charge is 0.458 e. The zero-order valence-electron chi connectivity index (χ0n) is 36.8. The predicted octanol–water partition coefficient (Wildman–Crippen LogP) is 4.26. The van der Waals surface area contributed by atoms with E-state index in [4.69, 9.17) is 38.8 Å². The number of aromatic nitrogens is 2. The summed E-state index contributed by atoms with van der Waals surface area (Å²) in [5.41, 5.74) is 4.73. The lowest BCUT2D eigenvalue weighted by molar-refractivity contribution is -0.295. The first kappa shape index (κ1) is 46.8. The Kier molecular flexibility index (Phi) is 14.6. The number of nitrogens with two attached hydrogens (primary N) is 1. The van der Waals surface area contributed by atoms with E-state index in [1.165, 1.54) is 14.0 Å². The highest BCUT2D eigenvalue weighted by Crippen LogP contribution is 2.48. The van der Waals surface area contributed by atoms with Crippen LogP contribution in [0.1, 0.15) is 93.4 Å². The van der Waals surface area contributed by atoms with Crippen LogP contribution >= 0.6 is 0 Å². The van der Waals surface area contributed by atoms with E-state index in [1.807, 2.05) is 32.0 Å². The fourth-order valence-corrected chi connectivity index (χ4v) is 9.31. The molecule has 3 aliphatic rings. The van der Waals surface area contributed by atoms with Crippen molar-refractivity contribution in [3.8, 4) is 11.4 Å². The van der Waals surface area contributed by atoms with Crippen LogP contribution in [0.2, 0.25) is 0 Å². The molecule has 5 heterocycles. The summed E-state index contributed by atoms with van der Waals surface area (Å²) in [7, 11) is 5.16. The van der Waals surface area contributed by atoms with Crippen molar-refractivity contribution in [2.75, 3.05) is 21.2 Å². The number of oxime groups is 1. The molecule has 15 atom stereocenters. The Bertz CT molecular complexity index is 1870. The molecule has 60 heavy (non-hydrogen) atoms. The van der Waals surface area contributed by atoms with Gasteiger partial charge in [0, 0.05) is 49.1 Å². The first-order chi connectivity index (χ1) is 28.2. The number of hydrogen-bond donors (Lipinski definition) is 2. The fraction of sp³-hybridized carbons (Fsp3) is 0.698. The maximum Gasteiger partial charge on any atom is 0.317 e. The molecule has 17 nitrogen and oxygen atoms in total. The second kappa shape index (κ2) is 18.8. The zero-order valence-corrected chi connectivity index (χ0v) is 36.8. The molecule has 0 aliphatic carbocycles. The fourth-order valence-electron chi connectivity index (χ4n) is 9.31. The lowest BCUT2D eigenvalue weighted by Gasteiger charge is -2.47. The van der Waals surface area contributed by atoms with Gasteiger partial charge < -0.3 is 48.8 Å². The van der Waals surface area contributed by atoms with Crippen molar-refractivity contribution in [2.24, 2.45) is 46.4 Å². The van der Waals surface area contributed by atoms with Gasteiger partial charge in [-0.05, 0) is 80.1 Å². The highest BCUT2D eigenvalue weighted by molar-refractivity contribution is 6.03. The van der Waals surface area contributed by atoms with Crippen LogP contribution in [0.4, 0.5) is 0 Å². The van der Waals surface area contributed by atoms with Crippen LogP contribution < -0.4 is 5.73 Å². The predicted molar refractivity (Wildman–Crippen MR) is 217 cm³/mol. The Morgan fingerprint density at radius 3 is 2.37 bits per heavy atom. The third-order valence-electron chi connectivity index (χ3n) is 12.8. The minimum absolute atomic E-state index is 0.0469. The first-order valence-corrected chi connectivity index (χ1v) is 20.8. The Morgan fingerprint density at radius 1 is 1.05 bits per heavy atom. The van der Waals surface area contributed by atoms with Gasteiger partial charge in [-0.3, -0.25) is 24.2 Å². The summed E-state index contributed by atoms with van der Waals surface area (Å²) < 4.78 is 36.5. The van der Waals surface area contributed by atoms with Gasteiger partial charge in [0.15, 0.2) is 35.4 Å². The Labute approximate surface area is 351 Å². The number of fused-ring (bicyclic) bond motifs is 1. The van der Waals surface area contributed by atoms with Crippen molar-refractivity contribution in [1.82, 2.24) is 15.0 Å². The molecule has 0 bridgehead atoms. The number of likely N-dealkylation sites (N-methyl/N-ethyl adjacent to an activating group) is 1. The van der Waals surface area contributed by atoms with Crippen LogP contribution in [-0.4, -0.2) is 119 Å². The van der Waals surface area contributed by atoms with Gasteiger partial charge in [0.2, 0.25) is 0 Å². The molecule has 5 rings (SSSR count). The van der Waals surface area contributed by atoms with Crippen LogP contribution in [0.15, 0.2) is 40.1 Å². The summed E-state index contributed by atoms with van der Waals surface area (Å²) in [5, 5.41) is 19.7. The van der Waals surface area contributed by atoms with Crippen molar-refractivity contribution < 1.29 is 57.3 Å². The van der Waals surface area contributed by atoms with Crippen molar-refractivity contribution in [3.05, 3.63) is 36.2 Å². The molecule has 332 valence electrons. The highest BCUT2D eigenvalue weighted by Gasteiger charge is 2.62. The number of rotatable bonds is 10. The molecule has 3 aliphatic heterocycles. The topological polar surface area (TPSA) is 224 Å². The molecule has 3 saturated heterocycles. The third kappa shape index (κ3) is 9.29. The second-order valence-electron chi connectivity index (χ2n) is 17.4. The standard InChI is InChI=1S/C43H63N5O12/c1-13-31-43(9)33(32(40(53)58-43)38(44)47-59-26(7)30-19-28(46-60-30)27-16-14-15-17-45-27)23(4)34(49)21(2)20-42(8,54-12)37(24(5)35(50)25(6)39(52)56-31)57-41-36(51)29(48(10)11)18-22(3)55-41/h14-17,19,21-26,29,31-33,36-37,41,51H,13,18,20H2,1-12H3,(H2,44,47)/t21-,22-,23-,24+,25-,26?,29+,31+,32-,33+,36-,37-,41?,42-,43-/m1/s1. The lowest BCUT2D eigenvalue weighted by atomic mass is 9.67. The summed E-state index contributed by atoms with van der Waals surface area (Å²) in [6.07, 6.45) is -3.15.